The largest absolute Gasteiger partial charge is 0.294 e. The highest BCUT2D eigenvalue weighted by molar-refractivity contribution is 6.01. The van der Waals surface area contributed by atoms with Crippen molar-refractivity contribution in [2.75, 3.05) is 0 Å². The Balaban J connectivity index is 2.39. The molecular weight excluding hydrogens is 270 g/mol. The lowest BCUT2D eigenvalue weighted by Crippen LogP contribution is -2.08. The van der Waals surface area contributed by atoms with Crippen molar-refractivity contribution in [2.24, 2.45) is 0 Å². The number of pyridine rings is 1. The summed E-state index contributed by atoms with van der Waals surface area (Å²) in [5.41, 5.74) is -0.627. The minimum atomic E-state index is -1.36. The molecular formula is C13H8F2N2O3. The van der Waals surface area contributed by atoms with Gasteiger partial charge >= 0.3 is 0 Å². The first kappa shape index (κ1) is 13.7. The van der Waals surface area contributed by atoms with Gasteiger partial charge in [-0.1, -0.05) is 0 Å². The SMILES string of the molecule is O=C(Cc1ccncc1)c1cc(F)c(F)cc1[N+](=O)[O-]. The van der Waals surface area contributed by atoms with Crippen molar-refractivity contribution in [2.45, 2.75) is 6.42 Å². The van der Waals surface area contributed by atoms with Gasteiger partial charge in [0.25, 0.3) is 5.69 Å². The molecule has 0 aliphatic heterocycles. The molecule has 102 valence electrons. The zero-order valence-corrected chi connectivity index (χ0v) is 10.0. The van der Waals surface area contributed by atoms with Crippen LogP contribution in [0.5, 0.6) is 0 Å². The molecule has 1 aromatic carbocycles. The number of halogens is 2. The summed E-state index contributed by atoms with van der Waals surface area (Å²) in [7, 11) is 0. The molecule has 0 atom stereocenters. The monoisotopic (exact) mass is 278 g/mol. The molecule has 0 fully saturated rings. The highest BCUT2D eigenvalue weighted by Gasteiger charge is 2.23. The number of benzene rings is 1. The predicted octanol–water partition coefficient (Wildman–Crippen LogP) is 2.69. The van der Waals surface area contributed by atoms with Crippen molar-refractivity contribution >= 4 is 11.5 Å². The lowest BCUT2D eigenvalue weighted by molar-refractivity contribution is -0.385. The summed E-state index contributed by atoms with van der Waals surface area (Å²) in [5, 5.41) is 10.8. The molecule has 0 N–H and O–H groups in total. The maximum Gasteiger partial charge on any atom is 0.283 e. The predicted molar refractivity (Wildman–Crippen MR) is 65.3 cm³/mol. The summed E-state index contributed by atoms with van der Waals surface area (Å²) in [4.78, 5) is 25.6. The van der Waals surface area contributed by atoms with Gasteiger partial charge in [0.2, 0.25) is 0 Å². The Bertz CT molecular complexity index is 675. The molecule has 5 nitrogen and oxygen atoms in total. The number of carbonyl (C=O) groups is 1. The van der Waals surface area contributed by atoms with Crippen LogP contribution in [0.3, 0.4) is 0 Å². The molecule has 2 aromatic rings. The number of Topliss-reactive ketones (excluding diaryl/α,β-unsaturated/α-hetero) is 1. The van der Waals surface area contributed by atoms with Gasteiger partial charge in [-0.2, -0.15) is 0 Å². The van der Waals surface area contributed by atoms with E-state index in [1.54, 1.807) is 12.1 Å². The number of hydrogen-bond donors (Lipinski definition) is 0. The third-order valence-electron chi connectivity index (χ3n) is 2.65. The van der Waals surface area contributed by atoms with Crippen molar-refractivity contribution in [3.8, 4) is 0 Å². The van der Waals surface area contributed by atoms with Gasteiger partial charge < -0.3 is 0 Å². The van der Waals surface area contributed by atoms with Crippen molar-refractivity contribution in [3.63, 3.8) is 0 Å². The van der Waals surface area contributed by atoms with Gasteiger partial charge in [0.15, 0.2) is 17.4 Å². The van der Waals surface area contributed by atoms with Crippen LogP contribution in [-0.2, 0) is 6.42 Å². The first-order valence-corrected chi connectivity index (χ1v) is 5.54. The smallest absolute Gasteiger partial charge is 0.283 e. The van der Waals surface area contributed by atoms with Crippen LogP contribution in [0.1, 0.15) is 15.9 Å². The second-order valence-corrected chi connectivity index (χ2v) is 4.00. The second kappa shape index (κ2) is 5.52. The van der Waals surface area contributed by atoms with Crippen LogP contribution in [0.25, 0.3) is 0 Å². The molecule has 1 heterocycles. The van der Waals surface area contributed by atoms with Crippen LogP contribution in [0.2, 0.25) is 0 Å². The Labute approximate surface area is 112 Å². The van der Waals surface area contributed by atoms with Gasteiger partial charge in [0, 0.05) is 18.8 Å². The summed E-state index contributed by atoms with van der Waals surface area (Å²) < 4.78 is 26.2. The second-order valence-electron chi connectivity index (χ2n) is 4.00. The third kappa shape index (κ3) is 2.82. The Morgan fingerprint density at radius 1 is 1.20 bits per heavy atom. The lowest BCUT2D eigenvalue weighted by Gasteiger charge is -2.04. The molecule has 0 spiro atoms. The summed E-state index contributed by atoms with van der Waals surface area (Å²) >= 11 is 0. The molecule has 0 aliphatic rings. The van der Waals surface area contributed by atoms with Crippen molar-refractivity contribution in [1.29, 1.82) is 0 Å². The van der Waals surface area contributed by atoms with E-state index in [0.29, 0.717) is 17.7 Å². The Hall–Kier alpha value is -2.70. The summed E-state index contributed by atoms with van der Waals surface area (Å²) in [6.07, 6.45) is 2.76. The van der Waals surface area contributed by atoms with Gasteiger partial charge in [0.1, 0.15) is 0 Å². The van der Waals surface area contributed by atoms with Crippen molar-refractivity contribution < 1.29 is 18.5 Å². The van der Waals surface area contributed by atoms with Crippen LogP contribution < -0.4 is 0 Å². The zero-order chi connectivity index (χ0) is 14.7. The van der Waals surface area contributed by atoms with E-state index in [0.717, 1.165) is 0 Å². The number of carbonyl (C=O) groups excluding carboxylic acids is 1. The summed E-state index contributed by atoms with van der Waals surface area (Å²) in [6.45, 7) is 0. The van der Waals surface area contributed by atoms with E-state index >= 15 is 0 Å². The van der Waals surface area contributed by atoms with Gasteiger partial charge in [-0.3, -0.25) is 19.9 Å². The zero-order valence-electron chi connectivity index (χ0n) is 10.0. The van der Waals surface area contributed by atoms with E-state index < -0.39 is 33.6 Å². The highest BCUT2D eigenvalue weighted by atomic mass is 19.2. The number of nitrogens with zero attached hydrogens (tertiary/aromatic N) is 2. The van der Waals surface area contributed by atoms with Gasteiger partial charge in [-0.15, -0.1) is 0 Å². The van der Waals surface area contributed by atoms with E-state index in [1.165, 1.54) is 12.4 Å². The van der Waals surface area contributed by atoms with Crippen LogP contribution in [0.15, 0.2) is 36.7 Å². The minimum absolute atomic E-state index is 0.158. The molecule has 0 saturated heterocycles. The van der Waals surface area contributed by atoms with Crippen LogP contribution >= 0.6 is 0 Å². The number of nitro benzene ring substituents is 1. The first-order chi connectivity index (χ1) is 9.49. The average molecular weight is 278 g/mol. The van der Waals surface area contributed by atoms with Gasteiger partial charge in [-0.25, -0.2) is 8.78 Å². The summed E-state index contributed by atoms with van der Waals surface area (Å²) in [5.74, 6) is -3.33. The van der Waals surface area contributed by atoms with E-state index in [1.807, 2.05) is 0 Å². The molecule has 0 amide bonds. The van der Waals surface area contributed by atoms with Gasteiger partial charge in [0.05, 0.1) is 16.6 Å². The molecule has 0 radical (unpaired) electrons. The van der Waals surface area contributed by atoms with E-state index in [2.05, 4.69) is 4.98 Å². The van der Waals surface area contributed by atoms with E-state index in [9.17, 15) is 23.7 Å². The van der Waals surface area contributed by atoms with Crippen molar-refractivity contribution in [1.82, 2.24) is 4.98 Å². The molecule has 0 unspecified atom stereocenters. The van der Waals surface area contributed by atoms with Crippen LogP contribution in [-0.4, -0.2) is 15.7 Å². The Kier molecular flexibility index (Phi) is 3.79. The van der Waals surface area contributed by atoms with Gasteiger partial charge in [-0.05, 0) is 23.8 Å². The normalized spacial score (nSPS) is 10.3. The van der Waals surface area contributed by atoms with Crippen LogP contribution in [0, 0.1) is 21.7 Å². The molecule has 7 heteroatoms. The van der Waals surface area contributed by atoms with Crippen LogP contribution in [0.4, 0.5) is 14.5 Å². The standard InChI is InChI=1S/C13H8F2N2O3/c14-10-6-9(12(17(19)20)7-11(10)15)13(18)5-8-1-3-16-4-2-8/h1-4,6-7H,5H2. The third-order valence-corrected chi connectivity index (χ3v) is 2.65. The molecule has 0 aliphatic carbocycles. The molecule has 0 bridgehead atoms. The molecule has 0 saturated carbocycles. The summed E-state index contributed by atoms with van der Waals surface area (Å²) in [6, 6.07) is 4.08. The fraction of sp³-hybridized carbons (Fsp3) is 0.0769. The molecule has 1 aromatic heterocycles. The number of ketones is 1. The number of hydrogen-bond acceptors (Lipinski definition) is 4. The Morgan fingerprint density at radius 2 is 1.80 bits per heavy atom. The fourth-order valence-electron chi connectivity index (χ4n) is 1.69. The number of aromatic nitrogens is 1. The minimum Gasteiger partial charge on any atom is -0.294 e. The highest BCUT2D eigenvalue weighted by Crippen LogP contribution is 2.23. The quantitative estimate of drug-likeness (QED) is 0.489. The first-order valence-electron chi connectivity index (χ1n) is 5.54. The molecule has 20 heavy (non-hydrogen) atoms. The van der Waals surface area contributed by atoms with E-state index in [-0.39, 0.29) is 6.42 Å². The average Bonchev–Trinajstić information content (AvgIpc) is 2.42. The topological polar surface area (TPSA) is 73.1 Å². The Morgan fingerprint density at radius 3 is 2.40 bits per heavy atom. The van der Waals surface area contributed by atoms with Crippen molar-refractivity contribution in [3.05, 3.63) is 69.5 Å². The maximum absolute atomic E-state index is 13.2. The number of rotatable bonds is 4. The lowest BCUT2D eigenvalue weighted by atomic mass is 10.0. The van der Waals surface area contributed by atoms with E-state index in [4.69, 9.17) is 0 Å². The number of nitro groups is 1. The maximum atomic E-state index is 13.2. The molecule has 2 rings (SSSR count). The fourth-order valence-corrected chi connectivity index (χ4v) is 1.69.